The second kappa shape index (κ2) is 8.85. The van der Waals surface area contributed by atoms with Crippen LogP contribution in [0.1, 0.15) is 5.56 Å². The molecule has 2 N–H and O–H groups in total. The summed E-state index contributed by atoms with van der Waals surface area (Å²) in [4.78, 5) is 8.89. The van der Waals surface area contributed by atoms with Gasteiger partial charge in [-0.2, -0.15) is 0 Å². The topological polar surface area (TPSA) is 59.1 Å². The van der Waals surface area contributed by atoms with Crippen LogP contribution < -0.4 is 15.4 Å². The van der Waals surface area contributed by atoms with Crippen molar-refractivity contribution in [3.05, 3.63) is 95.2 Å². The fraction of sp³-hybridized carbons (Fsp3) is 0.0769. The molecule has 0 saturated heterocycles. The molecule has 5 aromatic rings. The number of ether oxygens (including phenoxy) is 1. The van der Waals surface area contributed by atoms with E-state index < -0.39 is 0 Å². The molecule has 1 aromatic heterocycles. The second-order valence-electron chi connectivity index (χ2n) is 7.41. The van der Waals surface area contributed by atoms with E-state index in [1.165, 1.54) is 10.8 Å². The van der Waals surface area contributed by atoms with Gasteiger partial charge in [0.05, 0.1) is 12.6 Å². The average molecular weight is 485 g/mol. The first kappa shape index (κ1) is 20.3. The zero-order chi connectivity index (χ0) is 21.9. The molecule has 158 valence electrons. The first-order chi connectivity index (χ1) is 15.7. The lowest BCUT2D eigenvalue weighted by Crippen LogP contribution is -2.03. The summed E-state index contributed by atoms with van der Waals surface area (Å²) >= 11 is 3.52. The number of hydrogen-bond acceptors (Lipinski definition) is 5. The molecule has 0 radical (unpaired) electrons. The van der Waals surface area contributed by atoms with Gasteiger partial charge in [0.25, 0.3) is 0 Å². The van der Waals surface area contributed by atoms with Gasteiger partial charge in [-0.25, -0.2) is 9.97 Å². The smallest absolute Gasteiger partial charge is 0.141 e. The van der Waals surface area contributed by atoms with Crippen LogP contribution in [-0.2, 0) is 6.54 Å². The summed E-state index contributed by atoms with van der Waals surface area (Å²) in [6.07, 6.45) is 1.58. The normalized spacial score (nSPS) is 10.9. The predicted octanol–water partition coefficient (Wildman–Crippen LogP) is 6.91. The SMILES string of the molecule is COc1ccc2ccccc2c1CNc1ccc2ncnc(Nc3cccc(Br)c3)c2c1. The molecule has 5 nitrogen and oxygen atoms in total. The lowest BCUT2D eigenvalue weighted by Gasteiger charge is -2.15. The van der Waals surface area contributed by atoms with E-state index in [0.29, 0.717) is 6.54 Å². The number of hydrogen-bond donors (Lipinski definition) is 2. The van der Waals surface area contributed by atoms with Crippen LogP contribution in [0.25, 0.3) is 21.7 Å². The van der Waals surface area contributed by atoms with Crippen LogP contribution in [0.5, 0.6) is 5.75 Å². The summed E-state index contributed by atoms with van der Waals surface area (Å²) in [6, 6.07) is 26.6. The Morgan fingerprint density at radius 3 is 2.62 bits per heavy atom. The molecule has 6 heteroatoms. The highest BCUT2D eigenvalue weighted by Gasteiger charge is 2.10. The van der Waals surface area contributed by atoms with Gasteiger partial charge >= 0.3 is 0 Å². The molecule has 0 amide bonds. The molecule has 5 rings (SSSR count). The Morgan fingerprint density at radius 2 is 1.75 bits per heavy atom. The summed E-state index contributed by atoms with van der Waals surface area (Å²) in [5.41, 5.74) is 3.95. The Bertz CT molecular complexity index is 1420. The van der Waals surface area contributed by atoms with Crippen molar-refractivity contribution in [2.75, 3.05) is 17.7 Å². The Kier molecular flexibility index (Phi) is 5.60. The van der Waals surface area contributed by atoms with E-state index in [2.05, 4.69) is 72.9 Å². The van der Waals surface area contributed by atoms with E-state index in [0.717, 1.165) is 43.9 Å². The predicted molar refractivity (Wildman–Crippen MR) is 135 cm³/mol. The highest BCUT2D eigenvalue weighted by Crippen LogP contribution is 2.30. The summed E-state index contributed by atoms with van der Waals surface area (Å²) in [5.74, 6) is 1.64. The maximum atomic E-state index is 5.63. The van der Waals surface area contributed by atoms with Crippen molar-refractivity contribution in [3.8, 4) is 5.75 Å². The van der Waals surface area contributed by atoms with Crippen LogP contribution >= 0.6 is 15.9 Å². The van der Waals surface area contributed by atoms with Crippen LogP contribution in [0.2, 0.25) is 0 Å². The molecule has 0 unspecified atom stereocenters. The van der Waals surface area contributed by atoms with Crippen molar-refractivity contribution in [2.24, 2.45) is 0 Å². The fourth-order valence-corrected chi connectivity index (χ4v) is 4.25. The highest BCUT2D eigenvalue weighted by molar-refractivity contribution is 9.10. The molecule has 1 heterocycles. The van der Waals surface area contributed by atoms with Crippen LogP contribution in [0.4, 0.5) is 17.2 Å². The molecule has 32 heavy (non-hydrogen) atoms. The van der Waals surface area contributed by atoms with Gasteiger partial charge < -0.3 is 15.4 Å². The number of nitrogens with one attached hydrogen (secondary N) is 2. The molecule has 0 aliphatic rings. The van der Waals surface area contributed by atoms with Gasteiger partial charge in [-0.3, -0.25) is 0 Å². The minimum absolute atomic E-state index is 0.637. The summed E-state index contributed by atoms with van der Waals surface area (Å²) in [7, 11) is 1.71. The monoisotopic (exact) mass is 484 g/mol. The number of anilines is 3. The Morgan fingerprint density at radius 1 is 0.844 bits per heavy atom. The molecule has 0 saturated carbocycles. The molecule has 0 aliphatic heterocycles. The fourth-order valence-electron chi connectivity index (χ4n) is 3.85. The van der Waals surface area contributed by atoms with Gasteiger partial charge in [-0.15, -0.1) is 0 Å². The summed E-state index contributed by atoms with van der Waals surface area (Å²) in [6.45, 7) is 0.637. The molecule has 0 bridgehead atoms. The number of rotatable bonds is 6. The minimum atomic E-state index is 0.637. The quantitative estimate of drug-likeness (QED) is 0.274. The molecule has 0 atom stereocenters. The van der Waals surface area contributed by atoms with Crippen LogP contribution in [0.3, 0.4) is 0 Å². The number of methoxy groups -OCH3 is 1. The van der Waals surface area contributed by atoms with Gasteiger partial charge in [0.15, 0.2) is 0 Å². The van der Waals surface area contributed by atoms with E-state index in [1.54, 1.807) is 13.4 Å². The van der Waals surface area contributed by atoms with E-state index in [-0.39, 0.29) is 0 Å². The van der Waals surface area contributed by atoms with Gasteiger partial charge in [-0.1, -0.05) is 52.3 Å². The zero-order valence-electron chi connectivity index (χ0n) is 17.5. The molecule has 0 fully saturated rings. The number of halogens is 1. The number of benzene rings is 4. The van der Waals surface area contributed by atoms with E-state index in [9.17, 15) is 0 Å². The number of fused-ring (bicyclic) bond motifs is 2. The van der Waals surface area contributed by atoms with Crippen molar-refractivity contribution in [2.45, 2.75) is 6.54 Å². The number of nitrogens with zero attached hydrogens (tertiary/aromatic N) is 2. The largest absolute Gasteiger partial charge is 0.496 e. The Balaban J connectivity index is 1.46. The maximum Gasteiger partial charge on any atom is 0.141 e. The molecular formula is C26H21BrN4O. The van der Waals surface area contributed by atoms with Crippen molar-refractivity contribution in [1.29, 1.82) is 0 Å². The molecule has 0 aliphatic carbocycles. The summed E-state index contributed by atoms with van der Waals surface area (Å²) < 4.78 is 6.64. The van der Waals surface area contributed by atoms with Crippen LogP contribution in [0, 0.1) is 0 Å². The van der Waals surface area contributed by atoms with Crippen molar-refractivity contribution < 1.29 is 4.74 Å². The van der Waals surface area contributed by atoms with Crippen molar-refractivity contribution in [3.63, 3.8) is 0 Å². The lowest BCUT2D eigenvalue weighted by atomic mass is 10.0. The van der Waals surface area contributed by atoms with E-state index >= 15 is 0 Å². The summed E-state index contributed by atoms with van der Waals surface area (Å²) in [5, 5.41) is 10.3. The highest BCUT2D eigenvalue weighted by atomic mass is 79.9. The molecule has 4 aromatic carbocycles. The minimum Gasteiger partial charge on any atom is -0.496 e. The van der Waals surface area contributed by atoms with Crippen molar-refractivity contribution >= 4 is 54.8 Å². The lowest BCUT2D eigenvalue weighted by molar-refractivity contribution is 0.411. The van der Waals surface area contributed by atoms with Gasteiger partial charge in [0.1, 0.15) is 17.9 Å². The first-order valence-corrected chi connectivity index (χ1v) is 11.1. The average Bonchev–Trinajstić information content (AvgIpc) is 2.82. The van der Waals surface area contributed by atoms with Gasteiger partial charge in [-0.05, 0) is 53.2 Å². The Hall–Kier alpha value is -3.64. The maximum absolute atomic E-state index is 5.63. The Labute approximate surface area is 194 Å². The van der Waals surface area contributed by atoms with Crippen molar-refractivity contribution in [1.82, 2.24) is 9.97 Å². The first-order valence-electron chi connectivity index (χ1n) is 10.3. The third kappa shape index (κ3) is 4.09. The molecular weight excluding hydrogens is 464 g/mol. The number of aromatic nitrogens is 2. The standard InChI is InChI=1S/C26H21BrN4O/c1-32-25-12-9-17-5-2-3-8-21(17)23(25)15-28-19-10-11-24-22(14-19)26(30-16-29-24)31-20-7-4-6-18(27)13-20/h2-14,16,28H,15H2,1H3,(H,29,30,31). The van der Waals surface area contributed by atoms with Crippen LogP contribution in [-0.4, -0.2) is 17.1 Å². The van der Waals surface area contributed by atoms with E-state index in [4.69, 9.17) is 4.74 Å². The molecule has 0 spiro atoms. The third-order valence-corrected chi connectivity index (χ3v) is 5.90. The van der Waals surface area contributed by atoms with Crippen LogP contribution in [0.15, 0.2) is 89.7 Å². The van der Waals surface area contributed by atoms with Gasteiger partial charge in [0.2, 0.25) is 0 Å². The zero-order valence-corrected chi connectivity index (χ0v) is 19.1. The third-order valence-electron chi connectivity index (χ3n) is 5.41. The van der Waals surface area contributed by atoms with E-state index in [1.807, 2.05) is 42.5 Å². The van der Waals surface area contributed by atoms with Gasteiger partial charge in [0, 0.05) is 33.3 Å². The second-order valence-corrected chi connectivity index (χ2v) is 8.33.